The van der Waals surface area contributed by atoms with E-state index in [0.717, 1.165) is 13.1 Å². The van der Waals surface area contributed by atoms with Crippen LogP contribution in [-0.2, 0) is 9.53 Å². The van der Waals surface area contributed by atoms with Gasteiger partial charge in [0, 0.05) is 13.1 Å². The zero-order valence-electron chi connectivity index (χ0n) is 9.20. The summed E-state index contributed by atoms with van der Waals surface area (Å²) in [6.07, 6.45) is 0. The Morgan fingerprint density at radius 3 is 2.23 bits per heavy atom. The van der Waals surface area contributed by atoms with E-state index in [1.54, 1.807) is 0 Å². The summed E-state index contributed by atoms with van der Waals surface area (Å²) in [4.78, 5) is 15.2. The summed E-state index contributed by atoms with van der Waals surface area (Å²) in [5.41, 5.74) is 0. The summed E-state index contributed by atoms with van der Waals surface area (Å²) in [7, 11) is 7.36. The molecule has 0 fully saturated rings. The van der Waals surface area contributed by atoms with Gasteiger partial charge < -0.3 is 9.64 Å². The minimum Gasteiger partial charge on any atom is -0.468 e. The number of esters is 1. The highest BCUT2D eigenvalue weighted by Gasteiger charge is 2.17. The third-order valence-electron chi connectivity index (χ3n) is 2.10. The van der Waals surface area contributed by atoms with Crippen LogP contribution in [0.2, 0.25) is 0 Å². The monoisotopic (exact) mass is 188 g/mol. The number of rotatable bonds is 5. The first-order valence-corrected chi connectivity index (χ1v) is 4.41. The molecule has 0 radical (unpaired) electrons. The number of nitrogens with zero attached hydrogens (tertiary/aromatic N) is 2. The largest absolute Gasteiger partial charge is 0.468 e. The second kappa shape index (κ2) is 5.94. The summed E-state index contributed by atoms with van der Waals surface area (Å²) in [5.74, 6) is -0.179. The highest BCUT2D eigenvalue weighted by Crippen LogP contribution is 1.97. The van der Waals surface area contributed by atoms with Crippen molar-refractivity contribution in [1.29, 1.82) is 0 Å². The van der Waals surface area contributed by atoms with Crippen LogP contribution in [0.15, 0.2) is 0 Å². The van der Waals surface area contributed by atoms with Crippen molar-refractivity contribution in [3.05, 3.63) is 0 Å². The van der Waals surface area contributed by atoms with Crippen LogP contribution in [0.25, 0.3) is 0 Å². The topological polar surface area (TPSA) is 32.8 Å². The standard InChI is InChI=1S/C9H20N2O2/c1-8(9(12)13-5)11(4)7-6-10(2)3/h8H,6-7H2,1-5H3. The summed E-state index contributed by atoms with van der Waals surface area (Å²) < 4.78 is 4.65. The molecule has 0 aliphatic heterocycles. The molecule has 0 spiro atoms. The van der Waals surface area contributed by atoms with Crippen LogP contribution < -0.4 is 0 Å². The van der Waals surface area contributed by atoms with Crippen LogP contribution in [0.5, 0.6) is 0 Å². The van der Waals surface area contributed by atoms with Crippen LogP contribution in [0.3, 0.4) is 0 Å². The van der Waals surface area contributed by atoms with Gasteiger partial charge in [-0.3, -0.25) is 9.69 Å². The van der Waals surface area contributed by atoms with Crippen LogP contribution in [0.1, 0.15) is 6.92 Å². The highest BCUT2D eigenvalue weighted by molar-refractivity contribution is 5.75. The molecule has 1 atom stereocenters. The van der Waals surface area contributed by atoms with Gasteiger partial charge in [-0.2, -0.15) is 0 Å². The molecule has 4 nitrogen and oxygen atoms in total. The highest BCUT2D eigenvalue weighted by atomic mass is 16.5. The van der Waals surface area contributed by atoms with E-state index in [1.807, 2.05) is 33.0 Å². The number of ether oxygens (including phenoxy) is 1. The Hall–Kier alpha value is -0.610. The predicted octanol–water partition coefficient (Wildman–Crippen LogP) is 0.0413. The molecule has 4 heteroatoms. The Labute approximate surface area is 80.5 Å². The molecule has 1 unspecified atom stereocenters. The van der Waals surface area contributed by atoms with Crippen molar-refractivity contribution >= 4 is 5.97 Å². The van der Waals surface area contributed by atoms with Crippen molar-refractivity contribution in [1.82, 2.24) is 9.80 Å². The molecule has 0 N–H and O–H groups in total. The van der Waals surface area contributed by atoms with E-state index in [4.69, 9.17) is 0 Å². The SMILES string of the molecule is COC(=O)C(C)N(C)CCN(C)C. The lowest BCUT2D eigenvalue weighted by Gasteiger charge is -2.23. The average molecular weight is 188 g/mol. The average Bonchev–Trinajstić information content (AvgIpc) is 2.11. The van der Waals surface area contributed by atoms with Crippen molar-refractivity contribution in [3.8, 4) is 0 Å². The number of carbonyl (C=O) groups is 1. The van der Waals surface area contributed by atoms with E-state index in [0.29, 0.717) is 0 Å². The summed E-state index contributed by atoms with van der Waals surface area (Å²) in [6.45, 7) is 3.66. The molecule has 0 aromatic rings. The van der Waals surface area contributed by atoms with Gasteiger partial charge in [-0.1, -0.05) is 0 Å². The Balaban J connectivity index is 3.82. The number of carbonyl (C=O) groups excluding carboxylic acids is 1. The Kier molecular flexibility index (Phi) is 5.66. The third-order valence-corrected chi connectivity index (χ3v) is 2.10. The normalized spacial score (nSPS) is 13.5. The number of hydrogen-bond acceptors (Lipinski definition) is 4. The molecule has 0 saturated carbocycles. The van der Waals surface area contributed by atoms with E-state index in [1.165, 1.54) is 7.11 Å². The molecule has 0 aliphatic rings. The fourth-order valence-corrected chi connectivity index (χ4v) is 0.902. The maximum atomic E-state index is 11.1. The van der Waals surface area contributed by atoms with E-state index >= 15 is 0 Å². The van der Waals surface area contributed by atoms with Gasteiger partial charge in [-0.05, 0) is 28.1 Å². The van der Waals surface area contributed by atoms with Gasteiger partial charge in [0.1, 0.15) is 6.04 Å². The zero-order chi connectivity index (χ0) is 10.4. The molecule has 13 heavy (non-hydrogen) atoms. The maximum Gasteiger partial charge on any atom is 0.322 e. The number of methoxy groups -OCH3 is 1. The van der Waals surface area contributed by atoms with Crippen molar-refractivity contribution in [2.75, 3.05) is 41.3 Å². The molecule has 0 aliphatic carbocycles. The Bertz CT molecular complexity index is 160. The van der Waals surface area contributed by atoms with Gasteiger partial charge in [0.05, 0.1) is 7.11 Å². The van der Waals surface area contributed by atoms with Gasteiger partial charge in [0.25, 0.3) is 0 Å². The molecule has 78 valence electrons. The van der Waals surface area contributed by atoms with E-state index < -0.39 is 0 Å². The third kappa shape index (κ3) is 4.85. The smallest absolute Gasteiger partial charge is 0.322 e. The second-order valence-corrected chi connectivity index (χ2v) is 3.48. The van der Waals surface area contributed by atoms with Crippen LogP contribution in [0.4, 0.5) is 0 Å². The molecule has 0 rings (SSSR count). The molecular formula is C9H20N2O2. The minimum atomic E-state index is -0.179. The fraction of sp³-hybridized carbons (Fsp3) is 0.889. The second-order valence-electron chi connectivity index (χ2n) is 3.48. The van der Waals surface area contributed by atoms with Gasteiger partial charge in [-0.25, -0.2) is 0 Å². The van der Waals surface area contributed by atoms with Crippen LogP contribution in [-0.4, -0.2) is 63.2 Å². The van der Waals surface area contributed by atoms with E-state index in [2.05, 4.69) is 9.64 Å². The predicted molar refractivity (Wildman–Crippen MR) is 52.7 cm³/mol. The van der Waals surface area contributed by atoms with Crippen LogP contribution >= 0.6 is 0 Å². The minimum absolute atomic E-state index is 0.162. The number of hydrogen-bond donors (Lipinski definition) is 0. The lowest BCUT2D eigenvalue weighted by molar-refractivity contribution is -0.145. The fourth-order valence-electron chi connectivity index (χ4n) is 0.902. The molecule has 0 heterocycles. The van der Waals surface area contributed by atoms with Crippen molar-refractivity contribution in [2.45, 2.75) is 13.0 Å². The van der Waals surface area contributed by atoms with Gasteiger partial charge in [-0.15, -0.1) is 0 Å². The molecular weight excluding hydrogens is 168 g/mol. The van der Waals surface area contributed by atoms with Crippen molar-refractivity contribution in [2.24, 2.45) is 0 Å². The molecule has 0 aromatic heterocycles. The number of likely N-dealkylation sites (N-methyl/N-ethyl adjacent to an activating group) is 2. The lowest BCUT2D eigenvalue weighted by Crippen LogP contribution is -2.40. The van der Waals surface area contributed by atoms with Crippen molar-refractivity contribution < 1.29 is 9.53 Å². The van der Waals surface area contributed by atoms with Gasteiger partial charge in [0.2, 0.25) is 0 Å². The van der Waals surface area contributed by atoms with Crippen molar-refractivity contribution in [3.63, 3.8) is 0 Å². The maximum absolute atomic E-state index is 11.1. The molecule has 0 aromatic carbocycles. The van der Waals surface area contributed by atoms with Gasteiger partial charge >= 0.3 is 5.97 Å². The zero-order valence-corrected chi connectivity index (χ0v) is 9.20. The molecule has 0 saturated heterocycles. The summed E-state index contributed by atoms with van der Waals surface area (Å²) in [6, 6.07) is -0.162. The molecule has 0 amide bonds. The Morgan fingerprint density at radius 2 is 1.85 bits per heavy atom. The van der Waals surface area contributed by atoms with E-state index in [9.17, 15) is 4.79 Å². The summed E-state index contributed by atoms with van der Waals surface area (Å²) in [5, 5.41) is 0. The Morgan fingerprint density at radius 1 is 1.31 bits per heavy atom. The first-order chi connectivity index (χ1) is 5.99. The lowest BCUT2D eigenvalue weighted by atomic mass is 10.3. The first-order valence-electron chi connectivity index (χ1n) is 4.41. The van der Waals surface area contributed by atoms with Crippen LogP contribution in [0, 0.1) is 0 Å². The van der Waals surface area contributed by atoms with Gasteiger partial charge in [0.15, 0.2) is 0 Å². The van der Waals surface area contributed by atoms with E-state index in [-0.39, 0.29) is 12.0 Å². The molecule has 0 bridgehead atoms. The first kappa shape index (κ1) is 12.4. The quantitative estimate of drug-likeness (QED) is 0.570. The summed E-state index contributed by atoms with van der Waals surface area (Å²) >= 11 is 0.